The number of hydrogen-bond donors (Lipinski definition) is 1. The second-order valence-corrected chi connectivity index (χ2v) is 5.67. The van der Waals surface area contributed by atoms with E-state index in [0.717, 1.165) is 17.1 Å². The number of hydrogen-bond acceptors (Lipinski definition) is 3. The first-order valence-corrected chi connectivity index (χ1v) is 7.69. The van der Waals surface area contributed by atoms with Crippen LogP contribution in [-0.2, 0) is 6.54 Å². The molecule has 4 heteroatoms. The van der Waals surface area contributed by atoms with Crippen molar-refractivity contribution < 1.29 is 4.42 Å². The Labute approximate surface area is 135 Å². The number of furan rings is 1. The molecule has 1 atom stereocenters. The van der Waals surface area contributed by atoms with Crippen LogP contribution in [0.4, 0.5) is 5.69 Å². The first-order chi connectivity index (χ1) is 11.1. The lowest BCUT2D eigenvalue weighted by Crippen LogP contribution is -2.23. The van der Waals surface area contributed by atoms with Crippen molar-refractivity contribution in [2.24, 2.45) is 0 Å². The van der Waals surface area contributed by atoms with Crippen LogP contribution in [0.2, 0.25) is 0 Å². The number of nitrogens with zero attached hydrogens (tertiary/aromatic N) is 1. The lowest BCUT2D eigenvalue weighted by Gasteiger charge is -2.17. The summed E-state index contributed by atoms with van der Waals surface area (Å²) in [5.41, 5.74) is 2.88. The molecule has 3 aromatic rings. The topological polar surface area (TPSA) is 47.2 Å². The van der Waals surface area contributed by atoms with Gasteiger partial charge in [-0.1, -0.05) is 30.3 Å². The zero-order chi connectivity index (χ0) is 16.2. The van der Waals surface area contributed by atoms with Crippen LogP contribution < -0.4 is 10.9 Å². The summed E-state index contributed by atoms with van der Waals surface area (Å²) in [5.74, 6) is 0.772. The molecular formula is C19H20N2O2. The molecule has 4 nitrogen and oxygen atoms in total. The molecule has 0 saturated carbocycles. The van der Waals surface area contributed by atoms with E-state index < -0.39 is 0 Å². The van der Waals surface area contributed by atoms with Gasteiger partial charge < -0.3 is 14.3 Å². The molecule has 3 rings (SSSR count). The number of pyridine rings is 1. The number of aromatic nitrogens is 1. The predicted molar refractivity (Wildman–Crippen MR) is 91.7 cm³/mol. The fraction of sp³-hybridized carbons (Fsp3) is 0.211. The molecule has 0 aliphatic rings. The largest absolute Gasteiger partial charge is 0.467 e. The third-order valence-corrected chi connectivity index (χ3v) is 3.91. The Kier molecular flexibility index (Phi) is 4.33. The number of nitrogens with one attached hydrogen (secondary N) is 1. The summed E-state index contributed by atoms with van der Waals surface area (Å²) >= 11 is 0. The Bertz CT molecular complexity index is 820. The maximum atomic E-state index is 12.4. The van der Waals surface area contributed by atoms with E-state index in [-0.39, 0.29) is 11.6 Å². The first kappa shape index (κ1) is 15.2. The van der Waals surface area contributed by atoms with Crippen molar-refractivity contribution in [3.8, 4) is 0 Å². The van der Waals surface area contributed by atoms with Crippen LogP contribution >= 0.6 is 0 Å². The molecule has 118 valence electrons. The highest BCUT2D eigenvalue weighted by Crippen LogP contribution is 2.19. The number of aryl methyl sites for hydroxylation is 1. The smallest absolute Gasteiger partial charge is 0.253 e. The van der Waals surface area contributed by atoms with E-state index >= 15 is 0 Å². The van der Waals surface area contributed by atoms with Crippen LogP contribution in [0.1, 0.15) is 30.0 Å². The zero-order valence-electron chi connectivity index (χ0n) is 13.3. The third kappa shape index (κ3) is 3.54. The van der Waals surface area contributed by atoms with E-state index in [4.69, 9.17) is 4.42 Å². The molecule has 0 spiro atoms. The van der Waals surface area contributed by atoms with Crippen molar-refractivity contribution in [3.05, 3.63) is 88.2 Å². The van der Waals surface area contributed by atoms with Gasteiger partial charge in [-0.05, 0) is 37.6 Å². The molecule has 1 aromatic carbocycles. The summed E-state index contributed by atoms with van der Waals surface area (Å²) in [7, 11) is 0. The van der Waals surface area contributed by atoms with Crippen LogP contribution in [0, 0.1) is 6.92 Å². The Hall–Kier alpha value is -2.75. The van der Waals surface area contributed by atoms with Crippen LogP contribution in [0.25, 0.3) is 0 Å². The van der Waals surface area contributed by atoms with Crippen LogP contribution in [0.3, 0.4) is 0 Å². The normalized spacial score (nSPS) is 12.1. The first-order valence-electron chi connectivity index (χ1n) is 7.69. The maximum absolute atomic E-state index is 12.4. The van der Waals surface area contributed by atoms with E-state index in [1.807, 2.05) is 43.3 Å². The van der Waals surface area contributed by atoms with Crippen molar-refractivity contribution in [1.29, 1.82) is 0 Å². The molecule has 0 aliphatic carbocycles. The van der Waals surface area contributed by atoms with E-state index in [9.17, 15) is 4.79 Å². The highest BCUT2D eigenvalue weighted by molar-refractivity contribution is 5.45. The molecule has 0 aliphatic heterocycles. The minimum Gasteiger partial charge on any atom is -0.467 e. The molecule has 1 N–H and O–H groups in total. The van der Waals surface area contributed by atoms with E-state index in [1.165, 1.54) is 5.56 Å². The number of rotatable bonds is 5. The Morgan fingerprint density at radius 2 is 1.91 bits per heavy atom. The monoisotopic (exact) mass is 308 g/mol. The minimum atomic E-state index is -0.0378. The second-order valence-electron chi connectivity index (χ2n) is 5.67. The lowest BCUT2D eigenvalue weighted by atomic mass is 10.1. The van der Waals surface area contributed by atoms with Gasteiger partial charge in [0.2, 0.25) is 0 Å². The molecular weight excluding hydrogens is 288 g/mol. The Morgan fingerprint density at radius 3 is 2.57 bits per heavy atom. The van der Waals surface area contributed by atoms with Gasteiger partial charge >= 0.3 is 0 Å². The van der Waals surface area contributed by atoms with Crippen LogP contribution in [-0.4, -0.2) is 4.57 Å². The van der Waals surface area contributed by atoms with Gasteiger partial charge in [0.05, 0.1) is 12.8 Å². The maximum Gasteiger partial charge on any atom is 0.253 e. The van der Waals surface area contributed by atoms with E-state index in [1.54, 1.807) is 16.9 Å². The van der Waals surface area contributed by atoms with Gasteiger partial charge in [0.25, 0.3) is 5.56 Å². The van der Waals surface area contributed by atoms with Gasteiger partial charge in [-0.15, -0.1) is 0 Å². The quantitative estimate of drug-likeness (QED) is 0.776. The number of anilines is 1. The van der Waals surface area contributed by atoms with Crippen molar-refractivity contribution in [1.82, 2.24) is 4.57 Å². The number of benzene rings is 1. The van der Waals surface area contributed by atoms with E-state index in [2.05, 4.69) is 24.4 Å². The summed E-state index contributed by atoms with van der Waals surface area (Å²) in [6, 6.07) is 17.6. The lowest BCUT2D eigenvalue weighted by molar-refractivity contribution is 0.487. The molecule has 0 saturated heterocycles. The van der Waals surface area contributed by atoms with Gasteiger partial charge in [-0.25, -0.2) is 0 Å². The summed E-state index contributed by atoms with van der Waals surface area (Å²) in [6.07, 6.45) is 1.62. The van der Waals surface area contributed by atoms with Gasteiger partial charge in [-0.3, -0.25) is 4.79 Å². The fourth-order valence-electron chi connectivity index (χ4n) is 2.65. The molecule has 1 unspecified atom stereocenters. The van der Waals surface area contributed by atoms with Crippen molar-refractivity contribution in [3.63, 3.8) is 0 Å². The molecule has 2 heterocycles. The highest BCUT2D eigenvalue weighted by atomic mass is 16.3. The predicted octanol–water partition coefficient (Wildman–Crippen LogP) is 3.97. The van der Waals surface area contributed by atoms with Gasteiger partial charge in [0.1, 0.15) is 5.76 Å². The average Bonchev–Trinajstić information content (AvgIpc) is 3.05. The molecule has 0 amide bonds. The standard InChI is InChI=1S/C19H20N2O2/c1-14-11-17(20-15(2)16-7-4-3-5-8-16)12-19(22)21(14)13-18-9-6-10-23-18/h3-12,15,20H,13H2,1-2H3. The molecule has 0 fully saturated rings. The summed E-state index contributed by atoms with van der Waals surface area (Å²) < 4.78 is 7.03. The van der Waals surface area contributed by atoms with Gasteiger partial charge in [-0.2, -0.15) is 0 Å². The molecule has 0 bridgehead atoms. The zero-order valence-corrected chi connectivity index (χ0v) is 13.3. The third-order valence-electron chi connectivity index (χ3n) is 3.91. The summed E-state index contributed by atoms with van der Waals surface area (Å²) in [6.45, 7) is 4.47. The SMILES string of the molecule is Cc1cc(NC(C)c2ccccc2)cc(=O)n1Cc1ccco1. The fourth-order valence-corrected chi connectivity index (χ4v) is 2.65. The Balaban J connectivity index is 1.81. The van der Waals surface area contributed by atoms with Crippen LogP contribution in [0.15, 0.2) is 70.1 Å². The molecule has 0 radical (unpaired) electrons. The van der Waals surface area contributed by atoms with Crippen molar-refractivity contribution in [2.45, 2.75) is 26.4 Å². The molecule has 23 heavy (non-hydrogen) atoms. The van der Waals surface area contributed by atoms with E-state index in [0.29, 0.717) is 6.54 Å². The molecule has 2 aromatic heterocycles. The average molecular weight is 308 g/mol. The van der Waals surface area contributed by atoms with Crippen molar-refractivity contribution in [2.75, 3.05) is 5.32 Å². The highest BCUT2D eigenvalue weighted by Gasteiger charge is 2.09. The summed E-state index contributed by atoms with van der Waals surface area (Å²) in [5, 5.41) is 3.39. The van der Waals surface area contributed by atoms with Crippen LogP contribution in [0.5, 0.6) is 0 Å². The van der Waals surface area contributed by atoms with Gasteiger partial charge in [0, 0.05) is 23.5 Å². The van der Waals surface area contributed by atoms with Crippen molar-refractivity contribution >= 4 is 5.69 Å². The second kappa shape index (κ2) is 6.57. The van der Waals surface area contributed by atoms with Gasteiger partial charge in [0.15, 0.2) is 0 Å². The summed E-state index contributed by atoms with van der Waals surface area (Å²) in [4.78, 5) is 12.4. The minimum absolute atomic E-state index is 0.0378. The Morgan fingerprint density at radius 1 is 1.13 bits per heavy atom.